The lowest BCUT2D eigenvalue weighted by molar-refractivity contribution is 0.669. The van der Waals surface area contributed by atoms with Crippen LogP contribution in [-0.2, 0) is 0 Å². The number of hydrogen-bond acceptors (Lipinski definition) is 4. The lowest BCUT2D eigenvalue weighted by atomic mass is 9.89. The van der Waals surface area contributed by atoms with Crippen LogP contribution < -0.4 is 0 Å². The van der Waals surface area contributed by atoms with E-state index >= 15 is 0 Å². The van der Waals surface area contributed by atoms with Crippen molar-refractivity contribution in [3.63, 3.8) is 0 Å². The molecule has 55 heavy (non-hydrogen) atoms. The van der Waals surface area contributed by atoms with Crippen LogP contribution >= 0.6 is 0 Å². The molecular weight excluding hydrogens is 671 g/mol. The summed E-state index contributed by atoms with van der Waals surface area (Å²) in [6.45, 7) is 0. The third-order valence-corrected chi connectivity index (χ3v) is 10.7. The second-order valence-corrected chi connectivity index (χ2v) is 13.9. The van der Waals surface area contributed by atoms with Gasteiger partial charge in [0, 0.05) is 21.9 Å². The molecule has 9 aromatic carbocycles. The molecule has 0 N–H and O–H groups in total. The van der Waals surface area contributed by atoms with Gasteiger partial charge in [0.15, 0.2) is 17.5 Å². The molecule has 11 rings (SSSR count). The lowest BCUT2D eigenvalue weighted by Crippen LogP contribution is -2.01. The Bertz CT molecular complexity index is 3270. The molecule has 0 unspecified atom stereocenters. The first-order valence-electron chi connectivity index (χ1n) is 18.5. The van der Waals surface area contributed by atoms with E-state index in [1.807, 2.05) is 30.3 Å². The highest BCUT2D eigenvalue weighted by Gasteiger charge is 2.20. The summed E-state index contributed by atoms with van der Waals surface area (Å²) in [5.74, 6) is 1.76. The van der Waals surface area contributed by atoms with Gasteiger partial charge in [0.25, 0.3) is 0 Å². The molecule has 2 heterocycles. The molecule has 0 saturated heterocycles. The third-order valence-electron chi connectivity index (χ3n) is 10.7. The summed E-state index contributed by atoms with van der Waals surface area (Å²) in [5.41, 5.74) is 8.85. The van der Waals surface area contributed by atoms with Crippen LogP contribution in [0.25, 0.3) is 111 Å². The van der Waals surface area contributed by atoms with Crippen molar-refractivity contribution < 1.29 is 4.42 Å². The normalized spacial score (nSPS) is 11.6. The van der Waals surface area contributed by atoms with Gasteiger partial charge in [-0.05, 0) is 84.9 Å². The highest BCUT2D eigenvalue weighted by Crippen LogP contribution is 2.41. The Morgan fingerprint density at radius 2 is 0.836 bits per heavy atom. The summed E-state index contributed by atoms with van der Waals surface area (Å²) in [6.07, 6.45) is 0. The predicted molar refractivity (Wildman–Crippen MR) is 227 cm³/mol. The molecule has 0 aliphatic heterocycles. The number of benzene rings is 9. The topological polar surface area (TPSA) is 51.8 Å². The van der Waals surface area contributed by atoms with Gasteiger partial charge in [-0.3, -0.25) is 0 Å². The van der Waals surface area contributed by atoms with Crippen molar-refractivity contribution in [2.45, 2.75) is 0 Å². The van der Waals surface area contributed by atoms with Gasteiger partial charge in [-0.15, -0.1) is 0 Å². The van der Waals surface area contributed by atoms with Crippen LogP contribution in [0, 0.1) is 0 Å². The van der Waals surface area contributed by atoms with Gasteiger partial charge in [-0.2, -0.15) is 0 Å². The van der Waals surface area contributed by atoms with Gasteiger partial charge < -0.3 is 4.42 Å². The maximum absolute atomic E-state index is 6.51. The van der Waals surface area contributed by atoms with Crippen molar-refractivity contribution in [3.05, 3.63) is 188 Å². The fourth-order valence-corrected chi connectivity index (χ4v) is 8.14. The molecule has 0 spiro atoms. The number of rotatable bonds is 5. The van der Waals surface area contributed by atoms with Crippen LogP contribution in [0.5, 0.6) is 0 Å². The van der Waals surface area contributed by atoms with Crippen molar-refractivity contribution in [1.29, 1.82) is 0 Å². The fraction of sp³-hybridized carbons (Fsp3) is 0. The molecule has 4 heteroatoms. The molecule has 2 aromatic heterocycles. The zero-order valence-electron chi connectivity index (χ0n) is 29.6. The van der Waals surface area contributed by atoms with E-state index in [0.29, 0.717) is 17.5 Å². The van der Waals surface area contributed by atoms with E-state index in [1.165, 1.54) is 32.7 Å². The van der Waals surface area contributed by atoms with Crippen molar-refractivity contribution >= 4 is 54.3 Å². The van der Waals surface area contributed by atoms with E-state index in [2.05, 4.69) is 158 Å². The minimum atomic E-state index is 0.559. The molecule has 11 aromatic rings. The van der Waals surface area contributed by atoms with Gasteiger partial charge in [0.1, 0.15) is 11.2 Å². The second kappa shape index (κ2) is 12.6. The SMILES string of the molecule is c1ccc(-c2cccc(-c3nc(-c4ccc(-c5cc6ccccc6c6ccccc56)c5ccccc45)nc(-c4cccc5c4oc4ccccc45)n3)c2)cc1. The first kappa shape index (κ1) is 31.1. The number of para-hydroxylation sites is 2. The standard InChI is InChI=1S/C51H31N3O/c1-2-14-32(15-3-1)33-17-12-18-35(30-33)49-52-50(54-51(53-49)45-26-13-25-43-42-24-10-11-27-47(42)55-48(43)45)44-29-28-41(38-21-7-8-22-39(38)44)46-31-34-16-4-5-19-36(34)37-20-6-9-23-40(37)46/h1-31H. The maximum Gasteiger partial charge on any atom is 0.167 e. The number of aromatic nitrogens is 3. The monoisotopic (exact) mass is 701 g/mol. The molecule has 256 valence electrons. The number of fused-ring (bicyclic) bond motifs is 7. The summed E-state index contributed by atoms with van der Waals surface area (Å²) < 4.78 is 6.51. The molecule has 0 fully saturated rings. The number of nitrogens with zero attached hydrogens (tertiary/aromatic N) is 3. The quantitative estimate of drug-likeness (QED) is 0.168. The highest BCUT2D eigenvalue weighted by molar-refractivity contribution is 6.17. The minimum absolute atomic E-state index is 0.559. The predicted octanol–water partition coefficient (Wildman–Crippen LogP) is 13.6. The molecule has 0 aliphatic carbocycles. The van der Waals surface area contributed by atoms with Gasteiger partial charge in [0.2, 0.25) is 0 Å². The molecule has 0 atom stereocenters. The first-order chi connectivity index (χ1) is 27.3. The molecule has 0 bridgehead atoms. The summed E-state index contributed by atoms with van der Waals surface area (Å²) in [7, 11) is 0. The van der Waals surface area contributed by atoms with Crippen LogP contribution in [0.3, 0.4) is 0 Å². The van der Waals surface area contributed by atoms with Crippen molar-refractivity contribution in [2.75, 3.05) is 0 Å². The fourth-order valence-electron chi connectivity index (χ4n) is 8.14. The van der Waals surface area contributed by atoms with Crippen LogP contribution in [0.2, 0.25) is 0 Å². The van der Waals surface area contributed by atoms with E-state index in [0.717, 1.165) is 60.5 Å². The minimum Gasteiger partial charge on any atom is -0.455 e. The van der Waals surface area contributed by atoms with E-state index < -0.39 is 0 Å². The molecule has 0 radical (unpaired) electrons. The Hall–Kier alpha value is -7.43. The van der Waals surface area contributed by atoms with Crippen LogP contribution in [-0.4, -0.2) is 15.0 Å². The van der Waals surface area contributed by atoms with E-state index in [4.69, 9.17) is 19.4 Å². The van der Waals surface area contributed by atoms with Crippen molar-refractivity contribution in [2.24, 2.45) is 0 Å². The van der Waals surface area contributed by atoms with Gasteiger partial charge >= 0.3 is 0 Å². The average molecular weight is 702 g/mol. The Morgan fingerprint density at radius 1 is 0.291 bits per heavy atom. The number of hydrogen-bond donors (Lipinski definition) is 0. The number of furan rings is 1. The summed E-state index contributed by atoms with van der Waals surface area (Å²) in [5, 5.41) is 9.23. The maximum atomic E-state index is 6.51. The van der Waals surface area contributed by atoms with Crippen LogP contribution in [0.1, 0.15) is 0 Å². The average Bonchev–Trinajstić information content (AvgIpc) is 3.65. The summed E-state index contributed by atoms with van der Waals surface area (Å²) in [4.78, 5) is 15.7. The van der Waals surface area contributed by atoms with E-state index in [-0.39, 0.29) is 0 Å². The highest BCUT2D eigenvalue weighted by atomic mass is 16.3. The van der Waals surface area contributed by atoms with E-state index in [9.17, 15) is 0 Å². The Morgan fingerprint density at radius 3 is 1.65 bits per heavy atom. The Kier molecular flexibility index (Phi) is 7.14. The Balaban J connectivity index is 1.15. The molecule has 0 amide bonds. The van der Waals surface area contributed by atoms with Crippen molar-refractivity contribution in [1.82, 2.24) is 15.0 Å². The Labute approximate surface area is 317 Å². The largest absolute Gasteiger partial charge is 0.455 e. The first-order valence-corrected chi connectivity index (χ1v) is 18.5. The van der Waals surface area contributed by atoms with E-state index in [1.54, 1.807) is 0 Å². The molecule has 4 nitrogen and oxygen atoms in total. The van der Waals surface area contributed by atoms with Crippen LogP contribution in [0.4, 0.5) is 0 Å². The van der Waals surface area contributed by atoms with Gasteiger partial charge in [-0.25, -0.2) is 15.0 Å². The molecular formula is C51H31N3O. The van der Waals surface area contributed by atoms with Gasteiger partial charge in [0.05, 0.1) is 5.56 Å². The van der Waals surface area contributed by atoms with Crippen molar-refractivity contribution in [3.8, 4) is 56.4 Å². The second-order valence-electron chi connectivity index (χ2n) is 13.9. The van der Waals surface area contributed by atoms with Crippen LogP contribution in [0.15, 0.2) is 192 Å². The van der Waals surface area contributed by atoms with Gasteiger partial charge in [-0.1, -0.05) is 158 Å². The summed E-state index contributed by atoms with van der Waals surface area (Å²) >= 11 is 0. The lowest BCUT2D eigenvalue weighted by Gasteiger charge is -2.16. The zero-order chi connectivity index (χ0) is 36.3. The zero-order valence-corrected chi connectivity index (χ0v) is 29.6. The smallest absolute Gasteiger partial charge is 0.167 e. The third kappa shape index (κ3) is 5.19. The molecule has 0 saturated carbocycles. The molecule has 0 aliphatic rings. The summed E-state index contributed by atoms with van der Waals surface area (Å²) in [6, 6.07) is 65.8.